The van der Waals surface area contributed by atoms with Crippen molar-refractivity contribution in [1.82, 2.24) is 5.43 Å². The maximum absolute atomic E-state index is 12.4. The van der Waals surface area contributed by atoms with Crippen molar-refractivity contribution in [2.75, 3.05) is 11.5 Å². The Bertz CT molecular complexity index is 625. The number of rotatable bonds is 5. The number of carbonyl (C=O) groups is 3. The Morgan fingerprint density at radius 3 is 2.52 bits per heavy atom. The second kappa shape index (κ2) is 7.53. The van der Waals surface area contributed by atoms with Gasteiger partial charge in [0, 0.05) is 24.6 Å². The normalized spacial score (nSPS) is 14.0. The average Bonchev–Trinajstić information content (AvgIpc) is 2.54. The van der Waals surface area contributed by atoms with Crippen LogP contribution in [0, 0.1) is 0 Å². The highest BCUT2D eigenvalue weighted by molar-refractivity contribution is 6.37. The summed E-state index contributed by atoms with van der Waals surface area (Å²) in [5.41, 5.74) is 3.08. The number of nitrogens with one attached hydrogen (secondary N) is 1. The van der Waals surface area contributed by atoms with Crippen LogP contribution in [0.25, 0.3) is 0 Å². The zero-order valence-corrected chi connectivity index (χ0v) is 13.1. The number of esters is 1. The highest BCUT2D eigenvalue weighted by Crippen LogP contribution is 2.16. The van der Waals surface area contributed by atoms with Crippen molar-refractivity contribution in [1.29, 1.82) is 0 Å². The van der Waals surface area contributed by atoms with Crippen molar-refractivity contribution in [2.24, 2.45) is 5.10 Å². The Hall–Kier alpha value is -2.70. The van der Waals surface area contributed by atoms with E-state index in [9.17, 15) is 14.4 Å². The molecule has 1 aromatic carbocycles. The Morgan fingerprint density at radius 1 is 1.26 bits per heavy atom. The summed E-state index contributed by atoms with van der Waals surface area (Å²) in [6.45, 7) is 3.39. The predicted octanol–water partition coefficient (Wildman–Crippen LogP) is 1.24. The van der Waals surface area contributed by atoms with Gasteiger partial charge in [-0.1, -0.05) is 18.2 Å². The van der Waals surface area contributed by atoms with E-state index in [1.165, 1.54) is 0 Å². The van der Waals surface area contributed by atoms with Crippen molar-refractivity contribution < 1.29 is 19.1 Å². The van der Waals surface area contributed by atoms with Crippen molar-refractivity contribution in [3.05, 3.63) is 30.3 Å². The van der Waals surface area contributed by atoms with Gasteiger partial charge in [0.1, 0.15) is 5.71 Å². The molecule has 0 aliphatic carbocycles. The van der Waals surface area contributed by atoms with Gasteiger partial charge in [-0.25, -0.2) is 10.2 Å². The smallest absolute Gasteiger partial charge is 0.355 e. The van der Waals surface area contributed by atoms with Crippen LogP contribution in [0.1, 0.15) is 26.7 Å². The van der Waals surface area contributed by atoms with Gasteiger partial charge in [0.15, 0.2) is 6.61 Å². The SMILES string of the molecule is CC(C)N(C(=O)COC(=O)C1=NNC(=O)CC1)c1ccccc1. The van der Waals surface area contributed by atoms with E-state index in [1.807, 2.05) is 44.2 Å². The standard InChI is InChI=1S/C16H19N3O4/c1-11(2)19(12-6-4-3-5-7-12)15(21)10-23-16(22)13-8-9-14(20)18-17-13/h3-7,11H,8-10H2,1-2H3,(H,18,20). The Balaban J connectivity index is 1.97. The van der Waals surface area contributed by atoms with Gasteiger partial charge in [-0.3, -0.25) is 9.59 Å². The van der Waals surface area contributed by atoms with E-state index in [0.717, 1.165) is 5.69 Å². The molecule has 1 aliphatic rings. The second-order valence-corrected chi connectivity index (χ2v) is 5.36. The van der Waals surface area contributed by atoms with Crippen LogP contribution in [0.2, 0.25) is 0 Å². The minimum absolute atomic E-state index is 0.0742. The Kier molecular flexibility index (Phi) is 5.46. The van der Waals surface area contributed by atoms with Crippen LogP contribution in [0.15, 0.2) is 35.4 Å². The Labute approximate surface area is 134 Å². The molecule has 0 radical (unpaired) electrons. The first kappa shape index (κ1) is 16.7. The van der Waals surface area contributed by atoms with Crippen LogP contribution in [0.3, 0.4) is 0 Å². The first-order valence-corrected chi connectivity index (χ1v) is 7.38. The van der Waals surface area contributed by atoms with E-state index in [1.54, 1.807) is 4.90 Å². The van der Waals surface area contributed by atoms with E-state index in [4.69, 9.17) is 4.74 Å². The molecule has 7 heteroatoms. The molecule has 0 bridgehead atoms. The average molecular weight is 317 g/mol. The number of nitrogens with zero attached hydrogens (tertiary/aromatic N) is 2. The molecular formula is C16H19N3O4. The third-order valence-electron chi connectivity index (χ3n) is 3.29. The van der Waals surface area contributed by atoms with Crippen molar-refractivity contribution in [3.8, 4) is 0 Å². The molecule has 1 aliphatic heterocycles. The van der Waals surface area contributed by atoms with Crippen LogP contribution < -0.4 is 10.3 Å². The van der Waals surface area contributed by atoms with E-state index >= 15 is 0 Å². The van der Waals surface area contributed by atoms with Crippen LogP contribution >= 0.6 is 0 Å². The molecule has 0 aromatic heterocycles. The summed E-state index contributed by atoms with van der Waals surface area (Å²) in [6, 6.07) is 9.10. The van der Waals surface area contributed by atoms with E-state index < -0.39 is 5.97 Å². The van der Waals surface area contributed by atoms with Gasteiger partial charge in [0.2, 0.25) is 5.91 Å². The number of amides is 2. The summed E-state index contributed by atoms with van der Waals surface area (Å²) in [5.74, 6) is -1.25. The van der Waals surface area contributed by atoms with Gasteiger partial charge >= 0.3 is 5.97 Å². The number of hydrogen-bond donors (Lipinski definition) is 1. The molecule has 1 heterocycles. The van der Waals surface area contributed by atoms with Crippen LogP contribution in [0.4, 0.5) is 5.69 Å². The number of para-hydroxylation sites is 1. The summed E-state index contributed by atoms with van der Waals surface area (Å²) >= 11 is 0. The van der Waals surface area contributed by atoms with Gasteiger partial charge in [-0.05, 0) is 26.0 Å². The lowest BCUT2D eigenvalue weighted by Crippen LogP contribution is -2.40. The zero-order chi connectivity index (χ0) is 16.8. The number of carbonyl (C=O) groups excluding carboxylic acids is 3. The number of benzene rings is 1. The minimum Gasteiger partial charge on any atom is -0.451 e. The zero-order valence-electron chi connectivity index (χ0n) is 13.1. The number of hydrogen-bond acceptors (Lipinski definition) is 5. The maximum Gasteiger partial charge on any atom is 0.355 e. The van der Waals surface area contributed by atoms with Crippen molar-refractivity contribution in [3.63, 3.8) is 0 Å². The molecule has 122 valence electrons. The molecule has 0 unspecified atom stereocenters. The lowest BCUT2D eigenvalue weighted by molar-refractivity contribution is -0.141. The molecule has 0 saturated carbocycles. The summed E-state index contributed by atoms with van der Waals surface area (Å²) in [5, 5.41) is 3.64. The lowest BCUT2D eigenvalue weighted by Gasteiger charge is -2.26. The topological polar surface area (TPSA) is 88.1 Å². The summed E-state index contributed by atoms with van der Waals surface area (Å²) in [4.78, 5) is 36.8. The molecule has 0 atom stereocenters. The predicted molar refractivity (Wildman–Crippen MR) is 84.8 cm³/mol. The molecule has 2 rings (SSSR count). The fraction of sp³-hybridized carbons (Fsp3) is 0.375. The van der Waals surface area contributed by atoms with E-state index in [0.29, 0.717) is 0 Å². The highest BCUT2D eigenvalue weighted by Gasteiger charge is 2.23. The summed E-state index contributed by atoms with van der Waals surface area (Å²) in [6.07, 6.45) is 0.398. The van der Waals surface area contributed by atoms with Gasteiger partial charge in [0.25, 0.3) is 5.91 Å². The fourth-order valence-corrected chi connectivity index (χ4v) is 2.22. The lowest BCUT2D eigenvalue weighted by atomic mass is 10.2. The number of anilines is 1. The first-order chi connectivity index (χ1) is 11.0. The molecule has 0 saturated heterocycles. The monoisotopic (exact) mass is 317 g/mol. The maximum atomic E-state index is 12.4. The molecule has 0 spiro atoms. The van der Waals surface area contributed by atoms with Gasteiger partial charge < -0.3 is 9.64 Å². The molecule has 23 heavy (non-hydrogen) atoms. The number of ether oxygens (including phenoxy) is 1. The second-order valence-electron chi connectivity index (χ2n) is 5.36. The molecular weight excluding hydrogens is 298 g/mol. The van der Waals surface area contributed by atoms with E-state index in [2.05, 4.69) is 10.5 Å². The largest absolute Gasteiger partial charge is 0.451 e. The molecule has 1 aromatic rings. The Morgan fingerprint density at radius 2 is 1.96 bits per heavy atom. The van der Waals surface area contributed by atoms with Crippen LogP contribution in [-0.4, -0.2) is 36.1 Å². The molecule has 7 nitrogen and oxygen atoms in total. The van der Waals surface area contributed by atoms with Gasteiger partial charge in [-0.15, -0.1) is 0 Å². The summed E-state index contributed by atoms with van der Waals surface area (Å²) in [7, 11) is 0. The van der Waals surface area contributed by atoms with E-state index in [-0.39, 0.29) is 43.0 Å². The van der Waals surface area contributed by atoms with Gasteiger partial charge in [-0.2, -0.15) is 5.10 Å². The summed E-state index contributed by atoms with van der Waals surface area (Å²) < 4.78 is 5.02. The molecule has 1 N–H and O–H groups in total. The molecule has 2 amide bonds. The number of hydrazone groups is 1. The third-order valence-corrected chi connectivity index (χ3v) is 3.29. The fourth-order valence-electron chi connectivity index (χ4n) is 2.22. The van der Waals surface area contributed by atoms with Crippen molar-refractivity contribution in [2.45, 2.75) is 32.7 Å². The van der Waals surface area contributed by atoms with Gasteiger partial charge in [0.05, 0.1) is 0 Å². The van der Waals surface area contributed by atoms with Crippen molar-refractivity contribution >= 4 is 29.2 Å². The minimum atomic E-state index is -0.685. The third kappa shape index (κ3) is 4.38. The first-order valence-electron chi connectivity index (χ1n) is 7.38. The quantitative estimate of drug-likeness (QED) is 0.828. The van der Waals surface area contributed by atoms with Crippen LogP contribution in [-0.2, 0) is 19.1 Å². The molecule has 0 fully saturated rings. The highest BCUT2D eigenvalue weighted by atomic mass is 16.5. The van der Waals surface area contributed by atoms with Crippen LogP contribution in [0.5, 0.6) is 0 Å².